The topological polar surface area (TPSA) is 81.4 Å². The quantitative estimate of drug-likeness (QED) is 0.596. The van der Waals surface area contributed by atoms with Gasteiger partial charge >= 0.3 is 5.97 Å². The first-order valence-electron chi connectivity index (χ1n) is 7.19. The van der Waals surface area contributed by atoms with E-state index in [1.54, 1.807) is 0 Å². The molecule has 0 aromatic carbocycles. The van der Waals surface area contributed by atoms with Crippen LogP contribution >= 0.6 is 11.3 Å². The van der Waals surface area contributed by atoms with Crippen LogP contribution in [0.1, 0.15) is 59.6 Å². The molecule has 3 N–H and O–H groups in total. The fourth-order valence-electron chi connectivity index (χ4n) is 2.62. The molecule has 1 aliphatic carbocycles. The van der Waals surface area contributed by atoms with Gasteiger partial charge in [-0.15, -0.1) is 11.3 Å². The molecule has 1 saturated carbocycles. The first kappa shape index (κ1) is 15.8. The number of anilines is 2. The lowest BCUT2D eigenvalue weighted by Gasteiger charge is -2.15. The van der Waals surface area contributed by atoms with Gasteiger partial charge in [0.2, 0.25) is 0 Å². The average Bonchev–Trinajstić information content (AvgIpc) is 3.12. The number of rotatable bonds is 7. The predicted octanol–water partition coefficient (Wildman–Crippen LogP) is 3.31. The van der Waals surface area contributed by atoms with Gasteiger partial charge in [-0.05, 0) is 24.7 Å². The van der Waals surface area contributed by atoms with Crippen molar-refractivity contribution in [2.24, 2.45) is 5.41 Å². The molecule has 1 heterocycles. The number of ketones is 1. The number of carbonyl (C=O) groups excluding carboxylic acids is 2. The van der Waals surface area contributed by atoms with Gasteiger partial charge < -0.3 is 15.8 Å². The highest BCUT2D eigenvalue weighted by Crippen LogP contribution is 2.50. The maximum atomic E-state index is 11.9. The van der Waals surface area contributed by atoms with E-state index in [-0.39, 0.29) is 11.5 Å². The summed E-state index contributed by atoms with van der Waals surface area (Å²) in [5, 5.41) is 3.96. The van der Waals surface area contributed by atoms with Crippen molar-refractivity contribution in [3.05, 3.63) is 10.4 Å². The zero-order valence-corrected chi connectivity index (χ0v) is 13.6. The number of thiophene rings is 1. The van der Waals surface area contributed by atoms with Crippen molar-refractivity contribution < 1.29 is 14.3 Å². The van der Waals surface area contributed by atoms with Crippen molar-refractivity contribution in [3.63, 3.8) is 0 Å². The van der Waals surface area contributed by atoms with Crippen LogP contribution < -0.4 is 11.1 Å². The molecule has 0 radical (unpaired) electrons. The highest BCUT2D eigenvalue weighted by atomic mass is 32.1. The Bertz CT molecular complexity index is 562. The number of nitrogen functional groups attached to an aromatic ring is 1. The number of ether oxygens (including phenoxy) is 1. The first-order valence-corrected chi connectivity index (χ1v) is 8.01. The Kier molecular flexibility index (Phi) is 4.56. The summed E-state index contributed by atoms with van der Waals surface area (Å²) >= 11 is 1.24. The molecule has 1 aliphatic rings. The lowest BCUT2D eigenvalue weighted by Crippen LogP contribution is -2.16. The van der Waals surface area contributed by atoms with Crippen LogP contribution in [0.2, 0.25) is 0 Å². The second-order valence-electron chi connectivity index (χ2n) is 5.70. The number of hydrogen-bond donors (Lipinski definition) is 2. The predicted molar refractivity (Wildman–Crippen MR) is 85.1 cm³/mol. The van der Waals surface area contributed by atoms with Crippen LogP contribution in [0.3, 0.4) is 0 Å². The van der Waals surface area contributed by atoms with Crippen LogP contribution in [0.25, 0.3) is 0 Å². The van der Waals surface area contributed by atoms with E-state index in [9.17, 15) is 9.59 Å². The molecule has 0 spiro atoms. The third kappa shape index (κ3) is 3.20. The van der Waals surface area contributed by atoms with Crippen molar-refractivity contribution in [2.75, 3.05) is 24.7 Å². The Hall–Kier alpha value is -1.56. The molecule has 1 aromatic rings. The maximum Gasteiger partial charge on any atom is 0.343 e. The average molecular weight is 310 g/mol. The number of hydrogen-bond acceptors (Lipinski definition) is 6. The summed E-state index contributed by atoms with van der Waals surface area (Å²) in [4.78, 5) is 23.9. The number of methoxy groups -OCH3 is 1. The lowest BCUT2D eigenvalue weighted by atomic mass is 10.0. The Labute approximate surface area is 128 Å². The van der Waals surface area contributed by atoms with Gasteiger partial charge in [-0.2, -0.15) is 0 Å². The molecule has 116 valence electrons. The molecule has 0 unspecified atom stereocenters. The van der Waals surface area contributed by atoms with E-state index >= 15 is 0 Å². The minimum absolute atomic E-state index is 0.134. The van der Waals surface area contributed by atoms with Crippen molar-refractivity contribution >= 4 is 33.8 Å². The molecule has 0 amide bonds. The minimum atomic E-state index is -0.501. The van der Waals surface area contributed by atoms with Crippen LogP contribution in [-0.2, 0) is 4.74 Å². The molecule has 5 nitrogen and oxygen atoms in total. The van der Waals surface area contributed by atoms with E-state index < -0.39 is 5.97 Å². The summed E-state index contributed by atoms with van der Waals surface area (Å²) in [5.41, 5.74) is 6.80. The van der Waals surface area contributed by atoms with E-state index in [1.807, 2.05) is 0 Å². The number of Topliss-reactive ketones (excluding diaryl/α,β-unsaturated/α-hetero) is 1. The molecule has 2 rings (SSSR count). The standard InChI is InChI=1S/C15H22N2O3S/c1-4-5-15(6-7-15)8-17-13-10(14(19)20-3)11(16)12(21-13)9(2)18/h17H,4-8,16H2,1-3H3. The summed E-state index contributed by atoms with van der Waals surface area (Å²) in [5.74, 6) is -0.635. The van der Waals surface area contributed by atoms with Gasteiger partial charge in [-0.1, -0.05) is 13.3 Å². The zero-order chi connectivity index (χ0) is 15.6. The van der Waals surface area contributed by atoms with Gasteiger partial charge in [0.05, 0.1) is 17.7 Å². The highest BCUT2D eigenvalue weighted by molar-refractivity contribution is 7.19. The SMILES string of the molecule is CCCC1(CNc2sc(C(C)=O)c(N)c2C(=O)OC)CC1. The van der Waals surface area contributed by atoms with Gasteiger partial charge in [0.1, 0.15) is 10.6 Å². The zero-order valence-electron chi connectivity index (χ0n) is 12.7. The van der Waals surface area contributed by atoms with Crippen LogP contribution in [-0.4, -0.2) is 25.4 Å². The van der Waals surface area contributed by atoms with Gasteiger partial charge in [-0.25, -0.2) is 4.79 Å². The summed E-state index contributed by atoms with van der Waals surface area (Å²) in [7, 11) is 1.32. The molecule has 0 bridgehead atoms. The molecular weight excluding hydrogens is 288 g/mol. The lowest BCUT2D eigenvalue weighted by molar-refractivity contribution is 0.0603. The Balaban J connectivity index is 2.23. The smallest absolute Gasteiger partial charge is 0.343 e. The number of nitrogens with one attached hydrogen (secondary N) is 1. The van der Waals surface area contributed by atoms with Crippen LogP contribution in [0, 0.1) is 5.41 Å². The molecule has 0 atom stereocenters. The van der Waals surface area contributed by atoms with Gasteiger partial charge in [-0.3, -0.25) is 4.79 Å². The van der Waals surface area contributed by atoms with E-state index in [0.717, 1.165) is 13.0 Å². The van der Waals surface area contributed by atoms with E-state index in [2.05, 4.69) is 12.2 Å². The van der Waals surface area contributed by atoms with Crippen molar-refractivity contribution in [3.8, 4) is 0 Å². The summed E-state index contributed by atoms with van der Waals surface area (Å²) in [6, 6.07) is 0. The van der Waals surface area contributed by atoms with Gasteiger partial charge in [0.15, 0.2) is 5.78 Å². The Morgan fingerprint density at radius 3 is 2.57 bits per heavy atom. The van der Waals surface area contributed by atoms with Gasteiger partial charge in [0.25, 0.3) is 0 Å². The van der Waals surface area contributed by atoms with E-state index in [4.69, 9.17) is 10.5 Å². The largest absolute Gasteiger partial charge is 0.465 e. The fourth-order valence-corrected chi connectivity index (χ4v) is 3.62. The fraction of sp³-hybridized carbons (Fsp3) is 0.600. The van der Waals surface area contributed by atoms with Crippen molar-refractivity contribution in [2.45, 2.75) is 39.5 Å². The Morgan fingerprint density at radius 2 is 2.10 bits per heavy atom. The minimum Gasteiger partial charge on any atom is -0.465 e. The second kappa shape index (κ2) is 6.05. The summed E-state index contributed by atoms with van der Waals surface area (Å²) < 4.78 is 4.78. The highest BCUT2D eigenvalue weighted by Gasteiger charge is 2.41. The van der Waals surface area contributed by atoms with E-state index in [1.165, 1.54) is 44.6 Å². The van der Waals surface area contributed by atoms with E-state index in [0.29, 0.717) is 20.9 Å². The molecule has 1 fully saturated rings. The summed E-state index contributed by atoms with van der Waals surface area (Å²) in [6.45, 7) is 4.44. The molecular formula is C15H22N2O3S. The normalized spacial score (nSPS) is 15.6. The maximum absolute atomic E-state index is 11.9. The molecule has 21 heavy (non-hydrogen) atoms. The number of esters is 1. The van der Waals surface area contributed by atoms with Crippen LogP contribution in [0.15, 0.2) is 0 Å². The molecule has 0 aliphatic heterocycles. The summed E-state index contributed by atoms with van der Waals surface area (Å²) in [6.07, 6.45) is 4.74. The van der Waals surface area contributed by atoms with Crippen LogP contribution in [0.4, 0.5) is 10.7 Å². The Morgan fingerprint density at radius 1 is 1.43 bits per heavy atom. The van der Waals surface area contributed by atoms with Crippen molar-refractivity contribution in [1.82, 2.24) is 0 Å². The molecule has 6 heteroatoms. The first-order chi connectivity index (χ1) is 9.94. The van der Waals surface area contributed by atoms with Gasteiger partial charge in [0, 0.05) is 13.5 Å². The number of nitrogens with two attached hydrogens (primary N) is 1. The number of carbonyl (C=O) groups is 2. The third-order valence-corrected chi connectivity index (χ3v) is 5.28. The second-order valence-corrected chi connectivity index (χ2v) is 6.72. The molecule has 1 aromatic heterocycles. The van der Waals surface area contributed by atoms with Crippen LogP contribution in [0.5, 0.6) is 0 Å². The molecule has 0 saturated heterocycles. The van der Waals surface area contributed by atoms with Crippen molar-refractivity contribution in [1.29, 1.82) is 0 Å². The monoisotopic (exact) mass is 310 g/mol. The third-order valence-electron chi connectivity index (χ3n) is 4.02.